The van der Waals surface area contributed by atoms with Gasteiger partial charge in [-0.1, -0.05) is 18.2 Å². The van der Waals surface area contributed by atoms with E-state index in [-0.39, 0.29) is 0 Å². The van der Waals surface area contributed by atoms with Crippen LogP contribution in [0.1, 0.15) is 12.0 Å². The predicted octanol–water partition coefficient (Wildman–Crippen LogP) is 2.06. The van der Waals surface area contributed by atoms with Crippen LogP contribution in [0.2, 0.25) is 0 Å². The van der Waals surface area contributed by atoms with E-state index in [1.807, 2.05) is 0 Å². The smallest absolute Gasteiger partial charge is 0.0980 e. The summed E-state index contributed by atoms with van der Waals surface area (Å²) in [5.41, 5.74) is 2.93. The number of anilines is 1. The highest BCUT2D eigenvalue weighted by Crippen LogP contribution is 2.34. The monoisotopic (exact) mass is 319 g/mol. The van der Waals surface area contributed by atoms with Gasteiger partial charge in [0.2, 0.25) is 0 Å². The lowest BCUT2D eigenvalue weighted by molar-refractivity contribution is -0.000547. The second-order valence-corrected chi connectivity index (χ2v) is 7.43. The normalized spacial score (nSPS) is 27.6. The minimum absolute atomic E-state index is 0.502. The summed E-state index contributed by atoms with van der Waals surface area (Å²) < 4.78 is 5.56. The van der Waals surface area contributed by atoms with Crippen LogP contribution >= 0.6 is 11.8 Å². The SMILES string of the molecule is c1ccc2c(c1)CCC(N1CCOCC1)N2N1CCSCC1. The Morgan fingerprint density at radius 3 is 2.59 bits per heavy atom. The number of rotatable bonds is 2. The molecule has 3 aliphatic heterocycles. The lowest BCUT2D eigenvalue weighted by Gasteiger charge is -2.51. The van der Waals surface area contributed by atoms with Crippen LogP contribution in [-0.4, -0.2) is 67.0 Å². The van der Waals surface area contributed by atoms with Crippen molar-refractivity contribution in [2.24, 2.45) is 0 Å². The molecule has 0 bridgehead atoms. The van der Waals surface area contributed by atoms with Crippen LogP contribution in [0, 0.1) is 0 Å². The van der Waals surface area contributed by atoms with Crippen molar-refractivity contribution in [1.29, 1.82) is 0 Å². The molecule has 1 aromatic rings. The number of benzene rings is 1. The van der Waals surface area contributed by atoms with Gasteiger partial charge in [0.1, 0.15) is 0 Å². The first-order valence-corrected chi connectivity index (χ1v) is 9.60. The van der Waals surface area contributed by atoms with Crippen molar-refractivity contribution in [3.63, 3.8) is 0 Å². The second-order valence-electron chi connectivity index (χ2n) is 6.21. The first-order chi connectivity index (χ1) is 10.9. The van der Waals surface area contributed by atoms with Crippen molar-refractivity contribution in [2.45, 2.75) is 19.0 Å². The number of hydrogen-bond acceptors (Lipinski definition) is 5. The number of para-hydroxylation sites is 1. The molecule has 4 rings (SSSR count). The second kappa shape index (κ2) is 6.79. The maximum absolute atomic E-state index is 5.56. The average Bonchev–Trinajstić information content (AvgIpc) is 2.62. The van der Waals surface area contributed by atoms with E-state index < -0.39 is 0 Å². The van der Waals surface area contributed by atoms with Crippen LogP contribution in [0.15, 0.2) is 24.3 Å². The van der Waals surface area contributed by atoms with E-state index in [9.17, 15) is 0 Å². The lowest BCUT2D eigenvalue weighted by Crippen LogP contribution is -2.61. The van der Waals surface area contributed by atoms with Gasteiger partial charge in [-0.2, -0.15) is 11.8 Å². The van der Waals surface area contributed by atoms with Gasteiger partial charge in [-0.3, -0.25) is 9.91 Å². The molecule has 1 aromatic carbocycles. The highest BCUT2D eigenvalue weighted by Gasteiger charge is 2.35. The highest BCUT2D eigenvalue weighted by molar-refractivity contribution is 7.99. The fourth-order valence-electron chi connectivity index (χ4n) is 3.84. The third-order valence-corrected chi connectivity index (χ3v) is 5.89. The summed E-state index contributed by atoms with van der Waals surface area (Å²) in [5, 5.41) is 5.21. The Labute approximate surface area is 137 Å². The quantitative estimate of drug-likeness (QED) is 0.828. The third kappa shape index (κ3) is 2.87. The van der Waals surface area contributed by atoms with Crippen LogP contribution in [0.5, 0.6) is 0 Å². The molecule has 1 unspecified atom stereocenters. The molecule has 4 nitrogen and oxygen atoms in total. The summed E-state index contributed by atoms with van der Waals surface area (Å²) in [7, 11) is 0. The van der Waals surface area contributed by atoms with Crippen molar-refractivity contribution in [3.8, 4) is 0 Å². The summed E-state index contributed by atoms with van der Waals surface area (Å²) in [6.07, 6.45) is 2.92. The van der Waals surface area contributed by atoms with E-state index >= 15 is 0 Å². The molecule has 5 heteroatoms. The molecule has 22 heavy (non-hydrogen) atoms. The predicted molar refractivity (Wildman–Crippen MR) is 92.3 cm³/mol. The van der Waals surface area contributed by atoms with Crippen LogP contribution in [0.3, 0.4) is 0 Å². The van der Waals surface area contributed by atoms with Gasteiger partial charge < -0.3 is 4.74 Å². The molecule has 120 valence electrons. The van der Waals surface area contributed by atoms with Gasteiger partial charge in [-0.25, -0.2) is 5.01 Å². The highest BCUT2D eigenvalue weighted by atomic mass is 32.2. The average molecular weight is 319 g/mol. The van der Waals surface area contributed by atoms with Gasteiger partial charge >= 0.3 is 0 Å². The van der Waals surface area contributed by atoms with E-state index in [0.29, 0.717) is 6.17 Å². The molecule has 1 atom stereocenters. The van der Waals surface area contributed by atoms with Crippen LogP contribution in [0.25, 0.3) is 0 Å². The van der Waals surface area contributed by atoms with Crippen molar-refractivity contribution in [2.75, 3.05) is 55.9 Å². The minimum Gasteiger partial charge on any atom is -0.379 e. The molecular formula is C17H25N3OS. The molecule has 0 N–H and O–H groups in total. The Bertz CT molecular complexity index is 500. The first-order valence-electron chi connectivity index (χ1n) is 8.45. The number of morpholine rings is 1. The topological polar surface area (TPSA) is 19.0 Å². The summed E-state index contributed by atoms with van der Waals surface area (Å²) in [6.45, 7) is 6.21. The van der Waals surface area contributed by atoms with E-state index in [4.69, 9.17) is 4.74 Å². The molecule has 2 fully saturated rings. The van der Waals surface area contributed by atoms with E-state index in [2.05, 4.69) is 50.9 Å². The van der Waals surface area contributed by atoms with Gasteiger partial charge in [0.25, 0.3) is 0 Å². The van der Waals surface area contributed by atoms with Crippen LogP contribution in [0.4, 0.5) is 5.69 Å². The van der Waals surface area contributed by atoms with Crippen molar-refractivity contribution in [1.82, 2.24) is 9.91 Å². The number of hydrogen-bond donors (Lipinski definition) is 0. The molecule has 0 aliphatic carbocycles. The lowest BCUT2D eigenvalue weighted by atomic mass is 9.99. The van der Waals surface area contributed by atoms with Gasteiger partial charge in [0.05, 0.1) is 25.1 Å². The summed E-state index contributed by atoms with van der Waals surface area (Å²) in [4.78, 5) is 2.63. The fourth-order valence-corrected chi connectivity index (χ4v) is 4.72. The Kier molecular flexibility index (Phi) is 4.57. The van der Waals surface area contributed by atoms with E-state index in [1.54, 1.807) is 0 Å². The zero-order valence-electron chi connectivity index (χ0n) is 13.1. The zero-order valence-corrected chi connectivity index (χ0v) is 13.9. The standard InChI is InChI=1S/C17H25N3OS/c1-2-4-16-15(3-1)5-6-17(18-7-11-21-12-8-18)20(16)19-9-13-22-14-10-19/h1-4,17H,5-14H2. The molecule has 0 spiro atoms. The Morgan fingerprint density at radius 2 is 1.77 bits per heavy atom. The molecule has 0 aromatic heterocycles. The number of hydrazine groups is 1. The maximum atomic E-state index is 5.56. The fraction of sp³-hybridized carbons (Fsp3) is 0.647. The van der Waals surface area contributed by atoms with Gasteiger partial charge in [0.15, 0.2) is 0 Å². The third-order valence-electron chi connectivity index (χ3n) is 4.95. The zero-order chi connectivity index (χ0) is 14.8. The molecule has 3 heterocycles. The Balaban J connectivity index is 1.64. The van der Waals surface area contributed by atoms with Crippen molar-refractivity contribution >= 4 is 17.4 Å². The number of nitrogens with zero attached hydrogens (tertiary/aromatic N) is 3. The van der Waals surface area contributed by atoms with Gasteiger partial charge in [0, 0.05) is 37.7 Å². The maximum Gasteiger partial charge on any atom is 0.0980 e. The van der Waals surface area contributed by atoms with Gasteiger partial charge in [-0.15, -0.1) is 0 Å². The first kappa shape index (κ1) is 14.8. The molecule has 3 aliphatic rings. The summed E-state index contributed by atoms with van der Waals surface area (Å²) >= 11 is 2.08. The summed E-state index contributed by atoms with van der Waals surface area (Å²) in [6, 6.07) is 8.98. The number of aryl methyl sites for hydroxylation is 1. The van der Waals surface area contributed by atoms with E-state index in [0.717, 1.165) is 26.3 Å². The largest absolute Gasteiger partial charge is 0.379 e. The number of ether oxygens (including phenoxy) is 1. The molecule has 0 saturated carbocycles. The van der Waals surface area contributed by atoms with Crippen molar-refractivity contribution in [3.05, 3.63) is 29.8 Å². The van der Waals surface area contributed by atoms with Crippen LogP contribution in [-0.2, 0) is 11.2 Å². The number of fused-ring (bicyclic) bond motifs is 1. The van der Waals surface area contributed by atoms with Gasteiger partial charge in [-0.05, 0) is 24.5 Å². The minimum atomic E-state index is 0.502. The molecule has 2 saturated heterocycles. The van der Waals surface area contributed by atoms with E-state index in [1.165, 1.54) is 48.7 Å². The summed E-state index contributed by atoms with van der Waals surface area (Å²) in [5.74, 6) is 2.49. The molecule has 0 radical (unpaired) electrons. The Hall–Kier alpha value is -0.750. The van der Waals surface area contributed by atoms with Crippen LogP contribution < -0.4 is 5.01 Å². The molecular weight excluding hydrogens is 294 g/mol. The Morgan fingerprint density at radius 1 is 1.00 bits per heavy atom. The number of thioether (sulfide) groups is 1. The molecule has 0 amide bonds. The van der Waals surface area contributed by atoms with Crippen molar-refractivity contribution < 1.29 is 4.74 Å².